The molecular weight excluding hydrogens is 197 g/mol. The van der Waals surface area contributed by atoms with Crippen LogP contribution in [0.5, 0.6) is 0 Å². The summed E-state index contributed by atoms with van der Waals surface area (Å²) in [7, 11) is 0. The van der Waals surface area contributed by atoms with Crippen LogP contribution < -0.4 is 0 Å². The van der Waals surface area contributed by atoms with Gasteiger partial charge in [0.25, 0.3) is 5.69 Å². The minimum absolute atomic E-state index is 0.0334. The van der Waals surface area contributed by atoms with Gasteiger partial charge in [-0.05, 0) is 32.4 Å². The fraction of sp³-hybridized carbons (Fsp3) is 0.273. The van der Waals surface area contributed by atoms with Crippen LogP contribution in [0.2, 0.25) is 0 Å². The topological polar surface area (TPSA) is 43.1 Å². The fourth-order valence-electron chi connectivity index (χ4n) is 1.21. The molecule has 0 atom stereocenters. The van der Waals surface area contributed by atoms with Gasteiger partial charge in [-0.15, -0.1) is 0 Å². The Hall–Kier alpha value is -1.71. The van der Waals surface area contributed by atoms with Crippen LogP contribution >= 0.6 is 0 Å². The predicted octanol–water partition coefficient (Wildman–Crippen LogP) is 3.24. The summed E-state index contributed by atoms with van der Waals surface area (Å²) in [6, 6.07) is 3.51. The van der Waals surface area contributed by atoms with E-state index in [9.17, 15) is 14.5 Å². The van der Waals surface area contributed by atoms with Crippen molar-refractivity contribution in [1.82, 2.24) is 0 Å². The summed E-state index contributed by atoms with van der Waals surface area (Å²) in [4.78, 5) is 10.1. The molecule has 0 unspecified atom stereocenters. The van der Waals surface area contributed by atoms with Gasteiger partial charge in [-0.1, -0.05) is 11.6 Å². The van der Waals surface area contributed by atoms with Crippen LogP contribution in [-0.2, 0) is 6.42 Å². The number of halogens is 1. The molecular formula is C11H12FNO2. The minimum atomic E-state index is -0.492. The van der Waals surface area contributed by atoms with Crippen molar-refractivity contribution in [3.63, 3.8) is 0 Å². The molecule has 0 N–H and O–H groups in total. The summed E-state index contributed by atoms with van der Waals surface area (Å²) in [5, 5.41) is 10.6. The van der Waals surface area contributed by atoms with E-state index in [2.05, 4.69) is 0 Å². The van der Waals surface area contributed by atoms with E-state index in [0.29, 0.717) is 12.0 Å². The average molecular weight is 209 g/mol. The Morgan fingerprint density at radius 1 is 1.53 bits per heavy atom. The standard InChI is InChI=1S/C11H12FNO2/c1-8(2)3-4-9-7-10(12)5-6-11(9)13(14)15/h3,5-7H,4H2,1-2H3. The average Bonchev–Trinajstić information content (AvgIpc) is 2.14. The Kier molecular flexibility index (Phi) is 3.55. The first-order valence-electron chi connectivity index (χ1n) is 4.57. The first kappa shape index (κ1) is 11.4. The van der Waals surface area contributed by atoms with Crippen LogP contribution in [0.4, 0.5) is 10.1 Å². The highest BCUT2D eigenvalue weighted by Gasteiger charge is 2.12. The van der Waals surface area contributed by atoms with Gasteiger partial charge >= 0.3 is 0 Å². The zero-order valence-electron chi connectivity index (χ0n) is 8.66. The second-order valence-corrected chi connectivity index (χ2v) is 3.52. The highest BCUT2D eigenvalue weighted by Crippen LogP contribution is 2.20. The van der Waals surface area contributed by atoms with Crippen molar-refractivity contribution >= 4 is 5.69 Å². The first-order chi connectivity index (χ1) is 7.00. The van der Waals surface area contributed by atoms with Crippen molar-refractivity contribution in [3.05, 3.63) is 51.3 Å². The quantitative estimate of drug-likeness (QED) is 0.435. The fourth-order valence-corrected chi connectivity index (χ4v) is 1.21. The van der Waals surface area contributed by atoms with Crippen molar-refractivity contribution in [1.29, 1.82) is 0 Å². The normalized spacial score (nSPS) is 9.80. The monoisotopic (exact) mass is 209 g/mol. The van der Waals surface area contributed by atoms with Gasteiger partial charge in [0.2, 0.25) is 0 Å². The van der Waals surface area contributed by atoms with Crippen LogP contribution in [0.3, 0.4) is 0 Å². The molecule has 0 amide bonds. The van der Waals surface area contributed by atoms with Crippen LogP contribution in [0.25, 0.3) is 0 Å². The van der Waals surface area contributed by atoms with Crippen molar-refractivity contribution in [2.24, 2.45) is 0 Å². The molecule has 15 heavy (non-hydrogen) atoms. The molecule has 0 heterocycles. The molecule has 1 rings (SSSR count). The number of allylic oxidation sites excluding steroid dienone is 2. The van der Waals surface area contributed by atoms with Gasteiger partial charge in [-0.2, -0.15) is 0 Å². The van der Waals surface area contributed by atoms with Gasteiger partial charge in [0.05, 0.1) is 4.92 Å². The zero-order chi connectivity index (χ0) is 11.4. The molecule has 0 aliphatic rings. The van der Waals surface area contributed by atoms with Crippen molar-refractivity contribution in [3.8, 4) is 0 Å². The van der Waals surface area contributed by atoms with E-state index in [0.717, 1.165) is 11.6 Å². The van der Waals surface area contributed by atoms with E-state index in [1.807, 2.05) is 19.9 Å². The summed E-state index contributed by atoms with van der Waals surface area (Å²) in [6.45, 7) is 3.79. The number of nitrogens with zero attached hydrogens (tertiary/aromatic N) is 1. The molecule has 1 aromatic carbocycles. The van der Waals surface area contributed by atoms with Crippen molar-refractivity contribution < 1.29 is 9.31 Å². The Balaban J connectivity index is 3.07. The van der Waals surface area contributed by atoms with Gasteiger partial charge in [0.15, 0.2) is 0 Å². The summed E-state index contributed by atoms with van der Waals surface area (Å²) >= 11 is 0. The third-order valence-corrected chi connectivity index (χ3v) is 1.97. The Morgan fingerprint density at radius 3 is 2.73 bits per heavy atom. The van der Waals surface area contributed by atoms with Crippen LogP contribution in [0.1, 0.15) is 19.4 Å². The van der Waals surface area contributed by atoms with E-state index in [1.165, 1.54) is 12.1 Å². The highest BCUT2D eigenvalue weighted by molar-refractivity contribution is 5.41. The Bertz CT molecular complexity index is 409. The molecule has 0 fully saturated rings. The third-order valence-electron chi connectivity index (χ3n) is 1.97. The van der Waals surface area contributed by atoms with E-state index >= 15 is 0 Å². The maximum atomic E-state index is 12.9. The second-order valence-electron chi connectivity index (χ2n) is 3.52. The van der Waals surface area contributed by atoms with Crippen LogP contribution in [0, 0.1) is 15.9 Å². The summed E-state index contributed by atoms with van der Waals surface area (Å²) in [6.07, 6.45) is 2.22. The van der Waals surface area contributed by atoms with Crippen molar-refractivity contribution in [2.75, 3.05) is 0 Å². The van der Waals surface area contributed by atoms with Gasteiger partial charge < -0.3 is 0 Å². The highest BCUT2D eigenvalue weighted by atomic mass is 19.1. The first-order valence-corrected chi connectivity index (χ1v) is 4.57. The molecule has 0 saturated carbocycles. The zero-order valence-corrected chi connectivity index (χ0v) is 8.66. The number of benzene rings is 1. The number of hydrogen-bond donors (Lipinski definition) is 0. The smallest absolute Gasteiger partial charge is 0.258 e. The summed E-state index contributed by atoms with van der Waals surface area (Å²) < 4.78 is 12.9. The molecule has 3 nitrogen and oxygen atoms in total. The molecule has 0 aromatic heterocycles. The maximum Gasteiger partial charge on any atom is 0.273 e. The van der Waals surface area contributed by atoms with Crippen molar-refractivity contribution in [2.45, 2.75) is 20.3 Å². The molecule has 0 bridgehead atoms. The molecule has 0 radical (unpaired) electrons. The van der Waals surface area contributed by atoms with Gasteiger partial charge in [0.1, 0.15) is 5.82 Å². The lowest BCUT2D eigenvalue weighted by Gasteiger charge is -2.00. The van der Waals surface area contributed by atoms with E-state index in [-0.39, 0.29) is 5.69 Å². The third kappa shape index (κ3) is 3.16. The summed E-state index contributed by atoms with van der Waals surface area (Å²) in [5.74, 6) is -0.447. The molecule has 0 saturated heterocycles. The van der Waals surface area contributed by atoms with Gasteiger partial charge in [-0.25, -0.2) is 4.39 Å². The SMILES string of the molecule is CC(C)=CCc1cc(F)ccc1[N+](=O)[O-]. The maximum absolute atomic E-state index is 12.9. The van der Waals surface area contributed by atoms with Crippen LogP contribution in [0.15, 0.2) is 29.8 Å². The number of nitro groups is 1. The molecule has 4 heteroatoms. The Labute approximate surface area is 87.4 Å². The summed E-state index contributed by atoms with van der Waals surface area (Å²) in [5.41, 5.74) is 1.42. The molecule has 0 spiro atoms. The van der Waals surface area contributed by atoms with Gasteiger partial charge in [-0.3, -0.25) is 10.1 Å². The largest absolute Gasteiger partial charge is 0.273 e. The second kappa shape index (κ2) is 4.68. The lowest BCUT2D eigenvalue weighted by molar-refractivity contribution is -0.385. The van der Waals surface area contributed by atoms with Gasteiger partial charge in [0, 0.05) is 11.6 Å². The number of nitro benzene ring substituents is 1. The van der Waals surface area contributed by atoms with Crippen LogP contribution in [-0.4, -0.2) is 4.92 Å². The molecule has 0 aliphatic heterocycles. The van der Waals surface area contributed by atoms with E-state index in [4.69, 9.17) is 0 Å². The molecule has 1 aromatic rings. The number of rotatable bonds is 3. The lowest BCUT2D eigenvalue weighted by atomic mass is 10.1. The lowest BCUT2D eigenvalue weighted by Crippen LogP contribution is -1.95. The van der Waals surface area contributed by atoms with E-state index in [1.54, 1.807) is 0 Å². The predicted molar refractivity (Wildman–Crippen MR) is 56.2 cm³/mol. The molecule has 0 aliphatic carbocycles. The number of hydrogen-bond acceptors (Lipinski definition) is 2. The van der Waals surface area contributed by atoms with E-state index < -0.39 is 10.7 Å². The minimum Gasteiger partial charge on any atom is -0.258 e. The Morgan fingerprint density at radius 2 is 2.20 bits per heavy atom. The molecule has 80 valence electrons.